The molecule has 128 valence electrons. The fraction of sp³-hybridized carbons (Fsp3) is 0.312. The van der Waals surface area contributed by atoms with Crippen molar-refractivity contribution in [1.82, 2.24) is 9.80 Å². The molecule has 1 fully saturated rings. The molecule has 0 spiro atoms. The Labute approximate surface area is 171 Å². The first-order chi connectivity index (χ1) is 11.5. The molecule has 8 heteroatoms. The molecule has 1 aromatic carbocycles. The molecule has 0 unspecified atom stereocenters. The van der Waals surface area contributed by atoms with Gasteiger partial charge in [-0.05, 0) is 50.1 Å². The van der Waals surface area contributed by atoms with Gasteiger partial charge in [-0.15, -0.1) is 11.3 Å². The van der Waals surface area contributed by atoms with Crippen LogP contribution < -0.4 is 0 Å². The normalized spacial score (nSPS) is 15.8. The third-order valence-electron chi connectivity index (χ3n) is 3.96. The van der Waals surface area contributed by atoms with Gasteiger partial charge in [0.1, 0.15) is 0 Å². The van der Waals surface area contributed by atoms with Crippen molar-refractivity contribution in [2.45, 2.75) is 6.54 Å². The van der Waals surface area contributed by atoms with Gasteiger partial charge < -0.3 is 4.90 Å². The number of amides is 1. The van der Waals surface area contributed by atoms with Gasteiger partial charge in [-0.2, -0.15) is 0 Å². The Morgan fingerprint density at radius 2 is 1.75 bits per heavy atom. The van der Waals surface area contributed by atoms with Gasteiger partial charge in [0.2, 0.25) is 0 Å². The van der Waals surface area contributed by atoms with E-state index < -0.39 is 0 Å². The summed E-state index contributed by atoms with van der Waals surface area (Å²) in [5.74, 6) is 0.0850. The molecule has 3 rings (SSSR count). The molecule has 1 aliphatic heterocycles. The van der Waals surface area contributed by atoms with Crippen LogP contribution in [0.15, 0.2) is 32.5 Å². The van der Waals surface area contributed by atoms with E-state index in [1.807, 2.05) is 29.2 Å². The molecule has 24 heavy (non-hydrogen) atoms. The molecule has 0 atom stereocenters. The molecular weight excluding hydrogens is 499 g/mol. The van der Waals surface area contributed by atoms with Crippen molar-refractivity contribution in [3.8, 4) is 0 Å². The van der Waals surface area contributed by atoms with Crippen LogP contribution in [-0.2, 0) is 6.54 Å². The molecule has 3 nitrogen and oxygen atoms in total. The van der Waals surface area contributed by atoms with Crippen LogP contribution >= 0.6 is 66.4 Å². The minimum atomic E-state index is 0.0850. The fourth-order valence-electron chi connectivity index (χ4n) is 2.62. The molecule has 0 saturated carbocycles. The number of piperazine rings is 1. The van der Waals surface area contributed by atoms with Gasteiger partial charge in [-0.25, -0.2) is 0 Å². The van der Waals surface area contributed by atoms with Gasteiger partial charge in [0.25, 0.3) is 5.91 Å². The minimum absolute atomic E-state index is 0.0850. The molecule has 1 aromatic heterocycles. The highest BCUT2D eigenvalue weighted by molar-refractivity contribution is 9.13. The summed E-state index contributed by atoms with van der Waals surface area (Å²) in [6, 6.07) is 7.43. The molecule has 0 N–H and O–H groups in total. The molecule has 2 aromatic rings. The Balaban J connectivity index is 1.60. The van der Waals surface area contributed by atoms with Crippen LogP contribution in [0.5, 0.6) is 0 Å². The zero-order valence-corrected chi connectivity index (χ0v) is 18.1. The molecule has 1 amide bonds. The van der Waals surface area contributed by atoms with Crippen molar-refractivity contribution < 1.29 is 4.79 Å². The van der Waals surface area contributed by atoms with E-state index in [4.69, 9.17) is 23.2 Å². The molecule has 2 heterocycles. The Morgan fingerprint density at radius 3 is 2.29 bits per heavy atom. The average molecular weight is 513 g/mol. The van der Waals surface area contributed by atoms with Crippen molar-refractivity contribution in [3.05, 3.63) is 53.0 Å². The summed E-state index contributed by atoms with van der Waals surface area (Å²) in [4.78, 5) is 17.5. The highest BCUT2D eigenvalue weighted by Crippen LogP contribution is 2.33. The number of thiophene rings is 1. The number of nitrogens with zero attached hydrogens (tertiary/aromatic N) is 2. The summed E-state index contributed by atoms with van der Waals surface area (Å²) in [5, 5.41) is 1.38. The number of carbonyl (C=O) groups excluding carboxylic acids is 1. The van der Waals surface area contributed by atoms with Gasteiger partial charge in [-0.3, -0.25) is 9.69 Å². The fourth-order valence-corrected chi connectivity index (χ4v) is 5.14. The lowest BCUT2D eigenvalue weighted by Crippen LogP contribution is -2.48. The Morgan fingerprint density at radius 1 is 1.12 bits per heavy atom. The van der Waals surface area contributed by atoms with Crippen molar-refractivity contribution in [2.24, 2.45) is 0 Å². The summed E-state index contributed by atoms with van der Waals surface area (Å²) < 4.78 is 1.86. The molecule has 0 aliphatic carbocycles. The number of carbonyl (C=O) groups is 1. The number of hydrogen-bond donors (Lipinski definition) is 0. The van der Waals surface area contributed by atoms with Crippen molar-refractivity contribution in [2.75, 3.05) is 26.2 Å². The first kappa shape index (κ1) is 18.7. The Kier molecular flexibility index (Phi) is 6.27. The van der Waals surface area contributed by atoms with E-state index in [9.17, 15) is 4.79 Å². The number of benzene rings is 1. The maximum Gasteiger partial charge on any atom is 0.264 e. The van der Waals surface area contributed by atoms with Crippen LogP contribution in [0.25, 0.3) is 0 Å². The highest BCUT2D eigenvalue weighted by atomic mass is 79.9. The maximum absolute atomic E-state index is 12.6. The second kappa shape index (κ2) is 8.06. The average Bonchev–Trinajstić information content (AvgIpc) is 2.90. The summed E-state index contributed by atoms with van der Waals surface area (Å²) in [6.07, 6.45) is 0. The van der Waals surface area contributed by atoms with Crippen molar-refractivity contribution in [3.63, 3.8) is 0 Å². The first-order valence-electron chi connectivity index (χ1n) is 7.35. The van der Waals surface area contributed by atoms with Gasteiger partial charge >= 0.3 is 0 Å². The van der Waals surface area contributed by atoms with Crippen LogP contribution in [0.4, 0.5) is 0 Å². The first-order valence-corrected chi connectivity index (χ1v) is 10.5. The second-order valence-electron chi connectivity index (χ2n) is 5.50. The van der Waals surface area contributed by atoms with Crippen LogP contribution in [0, 0.1) is 0 Å². The summed E-state index contributed by atoms with van der Waals surface area (Å²) >= 11 is 20.8. The standard InChI is InChI=1S/C16H14Br2Cl2N2OS/c17-11-8-14(24-15(11)18)16(23)22-6-4-21(5-7-22)9-10-12(19)2-1-3-13(10)20/h1-3,8H,4-7,9H2. The summed E-state index contributed by atoms with van der Waals surface area (Å²) in [7, 11) is 0. The van der Waals surface area contributed by atoms with Crippen LogP contribution in [0.3, 0.4) is 0 Å². The second-order valence-corrected chi connectivity index (χ2v) is 9.54. The third-order valence-corrected chi connectivity index (χ3v) is 7.91. The van der Waals surface area contributed by atoms with Gasteiger partial charge in [-0.1, -0.05) is 29.3 Å². The zero-order valence-electron chi connectivity index (χ0n) is 12.6. The number of rotatable bonds is 3. The predicted molar refractivity (Wildman–Crippen MR) is 107 cm³/mol. The van der Waals surface area contributed by atoms with Crippen molar-refractivity contribution in [1.29, 1.82) is 0 Å². The van der Waals surface area contributed by atoms with E-state index in [2.05, 4.69) is 36.8 Å². The quantitative estimate of drug-likeness (QED) is 0.539. The number of hydrogen-bond acceptors (Lipinski definition) is 3. The summed E-state index contributed by atoms with van der Waals surface area (Å²) in [6.45, 7) is 3.72. The molecule has 1 aliphatic rings. The van der Waals surface area contributed by atoms with E-state index in [1.165, 1.54) is 11.3 Å². The van der Waals surface area contributed by atoms with E-state index in [0.717, 1.165) is 31.8 Å². The largest absolute Gasteiger partial charge is 0.335 e. The molecular formula is C16H14Br2Cl2N2OS. The SMILES string of the molecule is O=C(c1cc(Br)c(Br)s1)N1CCN(Cc2c(Cl)cccc2Cl)CC1. The highest BCUT2D eigenvalue weighted by Gasteiger charge is 2.24. The van der Waals surface area contributed by atoms with Gasteiger partial charge in [0, 0.05) is 52.8 Å². The van der Waals surface area contributed by atoms with E-state index in [-0.39, 0.29) is 5.91 Å². The summed E-state index contributed by atoms with van der Waals surface area (Å²) in [5.41, 5.74) is 0.951. The molecule has 1 saturated heterocycles. The number of halogens is 4. The van der Waals surface area contributed by atoms with Crippen LogP contribution in [0.1, 0.15) is 15.2 Å². The van der Waals surface area contributed by atoms with Gasteiger partial charge in [0.15, 0.2) is 0 Å². The maximum atomic E-state index is 12.6. The molecule has 0 bridgehead atoms. The van der Waals surface area contributed by atoms with Gasteiger partial charge in [0.05, 0.1) is 8.66 Å². The third kappa shape index (κ3) is 4.17. The van der Waals surface area contributed by atoms with E-state index in [0.29, 0.717) is 29.7 Å². The lowest BCUT2D eigenvalue weighted by molar-refractivity contribution is 0.0633. The topological polar surface area (TPSA) is 23.6 Å². The monoisotopic (exact) mass is 510 g/mol. The zero-order chi connectivity index (χ0) is 17.3. The minimum Gasteiger partial charge on any atom is -0.335 e. The lowest BCUT2D eigenvalue weighted by Gasteiger charge is -2.34. The van der Waals surface area contributed by atoms with E-state index >= 15 is 0 Å². The smallest absolute Gasteiger partial charge is 0.264 e. The van der Waals surface area contributed by atoms with E-state index in [1.54, 1.807) is 0 Å². The predicted octanol–water partition coefficient (Wildman–Crippen LogP) is 5.54. The van der Waals surface area contributed by atoms with Crippen LogP contribution in [-0.4, -0.2) is 41.9 Å². The lowest BCUT2D eigenvalue weighted by atomic mass is 10.2. The Hall–Kier alpha value is -0.110. The Bertz CT molecular complexity index is 721. The van der Waals surface area contributed by atoms with Crippen LogP contribution in [0.2, 0.25) is 10.0 Å². The van der Waals surface area contributed by atoms with Crippen molar-refractivity contribution >= 4 is 72.3 Å². The molecule has 0 radical (unpaired) electrons.